The molecule has 1 heterocycles. The predicted octanol–water partition coefficient (Wildman–Crippen LogP) is 5.53. The topological polar surface area (TPSA) is 53.5 Å². The second-order valence-corrected chi connectivity index (χ2v) is 7.97. The molecule has 4 nitrogen and oxygen atoms in total. The van der Waals surface area contributed by atoms with Crippen LogP contribution in [0.25, 0.3) is 0 Å². The van der Waals surface area contributed by atoms with Gasteiger partial charge in [-0.15, -0.1) is 0 Å². The molecule has 3 aromatic rings. The molecule has 5 heteroatoms. The molecule has 0 spiro atoms. The third-order valence-corrected chi connectivity index (χ3v) is 5.79. The first-order chi connectivity index (χ1) is 14.7. The summed E-state index contributed by atoms with van der Waals surface area (Å²) >= 11 is 1.64. The lowest BCUT2D eigenvalue weighted by atomic mass is 9.96. The van der Waals surface area contributed by atoms with Crippen LogP contribution in [0.15, 0.2) is 107 Å². The van der Waals surface area contributed by atoms with Crippen molar-refractivity contribution >= 4 is 28.5 Å². The number of amidine groups is 1. The van der Waals surface area contributed by atoms with Crippen molar-refractivity contribution in [2.24, 2.45) is 4.99 Å². The van der Waals surface area contributed by atoms with E-state index in [1.165, 1.54) is 5.56 Å². The average Bonchev–Trinajstić information content (AvgIpc) is 2.79. The van der Waals surface area contributed by atoms with Gasteiger partial charge in [0.05, 0.1) is 5.57 Å². The molecule has 0 unspecified atom stereocenters. The van der Waals surface area contributed by atoms with Gasteiger partial charge in [0, 0.05) is 17.1 Å². The lowest BCUT2D eigenvalue weighted by Crippen LogP contribution is -2.32. The highest BCUT2D eigenvalue weighted by Crippen LogP contribution is 2.33. The summed E-state index contributed by atoms with van der Waals surface area (Å²) in [5, 5.41) is 7.16. The Bertz CT molecular complexity index is 1060. The number of hydrogen-bond donors (Lipinski definition) is 2. The van der Waals surface area contributed by atoms with Crippen molar-refractivity contribution in [1.82, 2.24) is 5.32 Å². The minimum atomic E-state index is -0.352. The number of nitrogens with zero attached hydrogens (tertiary/aromatic N) is 1. The highest BCUT2D eigenvalue weighted by molar-refractivity contribution is 8.13. The minimum Gasteiger partial charge on any atom is -0.338 e. The molecule has 1 amide bonds. The molecular formula is C25H23N3OS. The first-order valence-corrected chi connectivity index (χ1v) is 10.8. The number of para-hydroxylation sites is 1. The van der Waals surface area contributed by atoms with Crippen LogP contribution in [0, 0.1) is 0 Å². The van der Waals surface area contributed by atoms with E-state index < -0.39 is 0 Å². The molecule has 0 fully saturated rings. The number of allylic oxidation sites excluding steroid dienone is 1. The van der Waals surface area contributed by atoms with E-state index in [1.807, 2.05) is 85.8 Å². The van der Waals surface area contributed by atoms with Crippen LogP contribution >= 0.6 is 11.8 Å². The van der Waals surface area contributed by atoms with E-state index in [4.69, 9.17) is 4.99 Å². The summed E-state index contributed by atoms with van der Waals surface area (Å²) in [5.74, 6) is 0.670. The number of carbonyl (C=O) groups is 1. The summed E-state index contributed by atoms with van der Waals surface area (Å²) in [7, 11) is 0. The van der Waals surface area contributed by atoms with Gasteiger partial charge in [-0.2, -0.15) is 0 Å². The van der Waals surface area contributed by atoms with Crippen molar-refractivity contribution in [3.63, 3.8) is 0 Å². The maximum Gasteiger partial charge on any atom is 0.255 e. The van der Waals surface area contributed by atoms with Gasteiger partial charge in [-0.25, -0.2) is 4.99 Å². The van der Waals surface area contributed by atoms with E-state index in [0.717, 1.165) is 27.9 Å². The Morgan fingerprint density at radius 2 is 1.53 bits per heavy atom. The molecule has 30 heavy (non-hydrogen) atoms. The van der Waals surface area contributed by atoms with Crippen molar-refractivity contribution in [3.8, 4) is 0 Å². The number of rotatable bonds is 5. The molecule has 0 aromatic heterocycles. The summed E-state index contributed by atoms with van der Waals surface area (Å²) < 4.78 is 0. The lowest BCUT2D eigenvalue weighted by molar-refractivity contribution is -0.113. The zero-order valence-corrected chi connectivity index (χ0v) is 17.5. The molecular weight excluding hydrogens is 390 g/mol. The molecule has 3 aromatic carbocycles. The van der Waals surface area contributed by atoms with Crippen molar-refractivity contribution in [2.45, 2.75) is 18.7 Å². The molecule has 1 atom stereocenters. The van der Waals surface area contributed by atoms with Crippen LogP contribution in [0.5, 0.6) is 0 Å². The third kappa shape index (κ3) is 4.81. The number of thioether (sulfide) groups is 1. The van der Waals surface area contributed by atoms with Crippen molar-refractivity contribution in [1.29, 1.82) is 0 Å². The summed E-state index contributed by atoms with van der Waals surface area (Å²) in [6.45, 7) is 1.94. The molecule has 0 saturated heterocycles. The molecule has 150 valence electrons. The average molecular weight is 414 g/mol. The number of hydrogen-bond acceptors (Lipinski definition) is 4. The molecule has 0 radical (unpaired) electrons. The quantitative estimate of drug-likeness (QED) is 0.578. The Morgan fingerprint density at radius 1 is 0.933 bits per heavy atom. The zero-order chi connectivity index (χ0) is 20.8. The van der Waals surface area contributed by atoms with Crippen LogP contribution in [0.2, 0.25) is 0 Å². The van der Waals surface area contributed by atoms with Crippen LogP contribution < -0.4 is 10.6 Å². The number of anilines is 1. The van der Waals surface area contributed by atoms with Gasteiger partial charge in [0.15, 0.2) is 5.17 Å². The summed E-state index contributed by atoms with van der Waals surface area (Å²) in [4.78, 5) is 18.1. The molecule has 1 aliphatic rings. The summed E-state index contributed by atoms with van der Waals surface area (Å²) in [6.07, 6.45) is 0. The maximum absolute atomic E-state index is 13.2. The van der Waals surface area contributed by atoms with E-state index in [0.29, 0.717) is 5.57 Å². The molecule has 0 aliphatic carbocycles. The van der Waals surface area contributed by atoms with Crippen LogP contribution in [0.3, 0.4) is 0 Å². The normalized spacial score (nSPS) is 15.9. The van der Waals surface area contributed by atoms with Gasteiger partial charge in [-0.05, 0) is 30.2 Å². The summed E-state index contributed by atoms with van der Waals surface area (Å²) in [5.41, 5.74) is 4.45. The summed E-state index contributed by atoms with van der Waals surface area (Å²) in [6, 6.07) is 29.4. The van der Waals surface area contributed by atoms with E-state index >= 15 is 0 Å². The number of carbonyl (C=O) groups excluding carboxylic acids is 1. The van der Waals surface area contributed by atoms with Crippen molar-refractivity contribution in [2.75, 3.05) is 5.32 Å². The fraction of sp³-hybridized carbons (Fsp3) is 0.120. The highest BCUT2D eigenvalue weighted by Gasteiger charge is 2.29. The zero-order valence-electron chi connectivity index (χ0n) is 16.7. The fourth-order valence-corrected chi connectivity index (χ4v) is 4.24. The van der Waals surface area contributed by atoms with Crippen molar-refractivity contribution < 1.29 is 4.79 Å². The fourth-order valence-electron chi connectivity index (χ4n) is 3.34. The first-order valence-electron chi connectivity index (χ1n) is 9.84. The van der Waals surface area contributed by atoms with Crippen LogP contribution in [0.4, 0.5) is 5.69 Å². The number of amides is 1. The van der Waals surface area contributed by atoms with E-state index in [2.05, 4.69) is 22.8 Å². The maximum atomic E-state index is 13.2. The minimum absolute atomic E-state index is 0.143. The number of benzene rings is 3. The Hall–Kier alpha value is -3.31. The van der Waals surface area contributed by atoms with Crippen LogP contribution in [-0.4, -0.2) is 11.1 Å². The second-order valence-electron chi connectivity index (χ2n) is 7.01. The molecule has 1 aliphatic heterocycles. The third-order valence-electron chi connectivity index (χ3n) is 4.83. The van der Waals surface area contributed by atoms with Gasteiger partial charge in [0.25, 0.3) is 5.91 Å². The Balaban J connectivity index is 1.60. The Kier molecular flexibility index (Phi) is 6.30. The van der Waals surface area contributed by atoms with Gasteiger partial charge >= 0.3 is 0 Å². The molecule has 0 saturated carbocycles. The van der Waals surface area contributed by atoms with E-state index in [-0.39, 0.29) is 11.9 Å². The smallest absolute Gasteiger partial charge is 0.255 e. The van der Waals surface area contributed by atoms with Crippen LogP contribution in [0.1, 0.15) is 24.1 Å². The standard InChI is InChI=1S/C25H23N3OS/c1-18-22(24(29)27-21-15-9-4-10-16-21)23(20-13-7-3-8-14-20)28-25(26-18)30-17-19-11-5-2-6-12-19/h2-16,23H,17H2,1H3,(H,26,28)(H,27,29)/t23-/m0/s1. The van der Waals surface area contributed by atoms with E-state index in [1.54, 1.807) is 11.8 Å². The van der Waals surface area contributed by atoms with Crippen LogP contribution in [-0.2, 0) is 10.5 Å². The van der Waals surface area contributed by atoms with Gasteiger partial charge in [-0.1, -0.05) is 90.6 Å². The molecule has 0 bridgehead atoms. The SMILES string of the molecule is CC1=C(C(=O)Nc2ccccc2)[C@H](c2ccccc2)N=C(SCc2ccccc2)N1. The number of nitrogens with one attached hydrogen (secondary N) is 2. The lowest BCUT2D eigenvalue weighted by Gasteiger charge is -2.26. The molecule has 4 rings (SSSR count). The predicted molar refractivity (Wildman–Crippen MR) is 125 cm³/mol. The Labute approximate surface area is 181 Å². The Morgan fingerprint density at radius 3 is 2.20 bits per heavy atom. The van der Waals surface area contributed by atoms with Gasteiger partial charge in [0.1, 0.15) is 6.04 Å². The second kappa shape index (κ2) is 9.46. The highest BCUT2D eigenvalue weighted by atomic mass is 32.2. The van der Waals surface area contributed by atoms with Gasteiger partial charge < -0.3 is 10.6 Å². The molecule has 2 N–H and O–H groups in total. The van der Waals surface area contributed by atoms with Gasteiger partial charge in [-0.3, -0.25) is 4.79 Å². The first kappa shape index (κ1) is 20.0. The largest absolute Gasteiger partial charge is 0.338 e. The number of aliphatic imine (C=N–C) groups is 1. The van der Waals surface area contributed by atoms with Crippen molar-refractivity contribution in [3.05, 3.63) is 113 Å². The monoisotopic (exact) mass is 413 g/mol. The van der Waals surface area contributed by atoms with Gasteiger partial charge in [0.2, 0.25) is 0 Å². The van der Waals surface area contributed by atoms with E-state index in [9.17, 15) is 4.79 Å².